The van der Waals surface area contributed by atoms with Crippen molar-refractivity contribution in [2.24, 2.45) is 0 Å². The van der Waals surface area contributed by atoms with Gasteiger partial charge in [0, 0.05) is 44.2 Å². The molecule has 0 radical (unpaired) electrons. The van der Waals surface area contributed by atoms with Crippen molar-refractivity contribution >= 4 is 0 Å². The van der Waals surface area contributed by atoms with Gasteiger partial charge in [0.1, 0.15) is 0 Å². The molecule has 1 saturated carbocycles. The van der Waals surface area contributed by atoms with Crippen molar-refractivity contribution in [1.82, 2.24) is 9.88 Å². The van der Waals surface area contributed by atoms with Crippen LogP contribution in [0.2, 0.25) is 0 Å². The van der Waals surface area contributed by atoms with Crippen molar-refractivity contribution in [2.75, 3.05) is 26.4 Å². The maximum atomic E-state index is 6.18. The van der Waals surface area contributed by atoms with Crippen LogP contribution in [0, 0.1) is 0 Å². The Kier molecular flexibility index (Phi) is 4.90. The quantitative estimate of drug-likeness (QED) is 0.850. The molecular formula is C18H26N2O3. The molecule has 0 spiro atoms. The summed E-state index contributed by atoms with van der Waals surface area (Å²) in [5.41, 5.74) is 1.13. The van der Waals surface area contributed by atoms with E-state index in [1.54, 1.807) is 6.20 Å². The van der Waals surface area contributed by atoms with E-state index in [1.807, 2.05) is 12.3 Å². The Labute approximate surface area is 137 Å². The highest BCUT2D eigenvalue weighted by Gasteiger charge is 2.45. The van der Waals surface area contributed by atoms with Crippen LogP contribution in [0.4, 0.5) is 0 Å². The second kappa shape index (κ2) is 7.26. The fourth-order valence-corrected chi connectivity index (χ4v) is 4.28. The highest BCUT2D eigenvalue weighted by molar-refractivity contribution is 5.07. The maximum Gasteiger partial charge on any atom is 0.0992 e. The van der Waals surface area contributed by atoms with Gasteiger partial charge in [0.05, 0.1) is 25.4 Å². The Morgan fingerprint density at radius 1 is 1.17 bits per heavy atom. The zero-order chi connectivity index (χ0) is 15.5. The van der Waals surface area contributed by atoms with E-state index in [4.69, 9.17) is 14.2 Å². The summed E-state index contributed by atoms with van der Waals surface area (Å²) in [5, 5.41) is 0. The van der Waals surface area contributed by atoms with Gasteiger partial charge < -0.3 is 14.2 Å². The molecule has 3 heterocycles. The molecule has 5 nitrogen and oxygen atoms in total. The smallest absolute Gasteiger partial charge is 0.0992 e. The second-order valence-corrected chi connectivity index (χ2v) is 6.77. The van der Waals surface area contributed by atoms with Gasteiger partial charge in [0.25, 0.3) is 0 Å². The number of pyridine rings is 1. The molecule has 1 aromatic heterocycles. The van der Waals surface area contributed by atoms with Gasteiger partial charge in [-0.05, 0) is 37.3 Å². The molecule has 5 heteroatoms. The monoisotopic (exact) mass is 318 g/mol. The lowest BCUT2D eigenvalue weighted by Crippen LogP contribution is -2.56. The molecule has 0 unspecified atom stereocenters. The van der Waals surface area contributed by atoms with E-state index in [2.05, 4.69) is 16.0 Å². The van der Waals surface area contributed by atoms with Gasteiger partial charge in [-0.1, -0.05) is 6.07 Å². The normalized spacial score (nSPS) is 32.8. The first-order valence-corrected chi connectivity index (χ1v) is 8.87. The summed E-state index contributed by atoms with van der Waals surface area (Å²) >= 11 is 0. The van der Waals surface area contributed by atoms with Crippen LogP contribution < -0.4 is 0 Å². The molecule has 0 bridgehead atoms. The Bertz CT molecular complexity index is 492. The average molecular weight is 318 g/mol. The third-order valence-electron chi connectivity index (χ3n) is 5.43. The molecule has 2 saturated heterocycles. The van der Waals surface area contributed by atoms with Crippen LogP contribution in [0.25, 0.3) is 0 Å². The molecule has 0 aromatic carbocycles. The molecule has 1 aromatic rings. The maximum absolute atomic E-state index is 6.18. The fourth-order valence-electron chi connectivity index (χ4n) is 4.28. The SMILES string of the molecule is c1cncc(CO[C@H]2CC[C@H]3[C@@H]2OCCN3C2CCOCC2)c1. The van der Waals surface area contributed by atoms with Crippen molar-refractivity contribution < 1.29 is 14.2 Å². The minimum absolute atomic E-state index is 0.211. The molecule has 126 valence electrons. The minimum Gasteiger partial charge on any atom is -0.381 e. The van der Waals surface area contributed by atoms with Crippen LogP contribution in [0.15, 0.2) is 24.5 Å². The molecule has 4 rings (SSSR count). The summed E-state index contributed by atoms with van der Waals surface area (Å²) in [6.45, 7) is 4.31. The predicted octanol–water partition coefficient (Wildman–Crippen LogP) is 2.01. The zero-order valence-corrected chi connectivity index (χ0v) is 13.6. The summed E-state index contributed by atoms with van der Waals surface area (Å²) in [7, 11) is 0. The number of aromatic nitrogens is 1. The van der Waals surface area contributed by atoms with Gasteiger partial charge >= 0.3 is 0 Å². The van der Waals surface area contributed by atoms with Crippen molar-refractivity contribution in [3.05, 3.63) is 30.1 Å². The lowest BCUT2D eigenvalue weighted by atomic mass is 10.0. The average Bonchev–Trinajstić information content (AvgIpc) is 3.05. The lowest BCUT2D eigenvalue weighted by Gasteiger charge is -2.44. The largest absolute Gasteiger partial charge is 0.381 e. The molecule has 3 fully saturated rings. The molecule has 23 heavy (non-hydrogen) atoms. The highest BCUT2D eigenvalue weighted by Crippen LogP contribution is 2.35. The molecule has 1 aliphatic carbocycles. The first-order valence-electron chi connectivity index (χ1n) is 8.87. The van der Waals surface area contributed by atoms with Crippen molar-refractivity contribution in [2.45, 2.75) is 56.6 Å². The minimum atomic E-state index is 0.211. The summed E-state index contributed by atoms with van der Waals surface area (Å²) in [6, 6.07) is 5.21. The molecule has 3 atom stereocenters. The number of morpholine rings is 1. The Hall–Kier alpha value is -1.01. The van der Waals surface area contributed by atoms with E-state index in [0.717, 1.165) is 51.2 Å². The number of fused-ring (bicyclic) bond motifs is 1. The molecule has 2 aliphatic heterocycles. The van der Waals surface area contributed by atoms with Gasteiger partial charge in [-0.15, -0.1) is 0 Å². The summed E-state index contributed by atoms with van der Waals surface area (Å²) < 4.78 is 17.8. The van der Waals surface area contributed by atoms with Crippen LogP contribution >= 0.6 is 0 Å². The number of ether oxygens (including phenoxy) is 3. The predicted molar refractivity (Wildman–Crippen MR) is 86.1 cm³/mol. The van der Waals surface area contributed by atoms with Gasteiger partial charge in [0.2, 0.25) is 0 Å². The highest BCUT2D eigenvalue weighted by atomic mass is 16.5. The van der Waals surface area contributed by atoms with Crippen LogP contribution in [0.1, 0.15) is 31.2 Å². The van der Waals surface area contributed by atoms with E-state index >= 15 is 0 Å². The molecule has 3 aliphatic rings. The van der Waals surface area contributed by atoms with Crippen LogP contribution in [-0.4, -0.2) is 60.5 Å². The van der Waals surface area contributed by atoms with Crippen molar-refractivity contribution in [3.8, 4) is 0 Å². The van der Waals surface area contributed by atoms with Gasteiger partial charge in [0.15, 0.2) is 0 Å². The molecule has 0 amide bonds. The zero-order valence-electron chi connectivity index (χ0n) is 13.6. The number of hydrogen-bond acceptors (Lipinski definition) is 5. The first-order chi connectivity index (χ1) is 11.4. The topological polar surface area (TPSA) is 43.8 Å². The summed E-state index contributed by atoms with van der Waals surface area (Å²) in [6.07, 6.45) is 8.70. The van der Waals surface area contributed by atoms with E-state index < -0.39 is 0 Å². The second-order valence-electron chi connectivity index (χ2n) is 6.77. The third kappa shape index (κ3) is 3.43. The van der Waals surface area contributed by atoms with Crippen LogP contribution in [-0.2, 0) is 20.8 Å². The number of nitrogens with zero attached hydrogens (tertiary/aromatic N) is 2. The van der Waals surface area contributed by atoms with Gasteiger partial charge in [-0.2, -0.15) is 0 Å². The van der Waals surface area contributed by atoms with Gasteiger partial charge in [-0.3, -0.25) is 9.88 Å². The summed E-state index contributed by atoms with van der Waals surface area (Å²) in [5.74, 6) is 0. The number of rotatable bonds is 4. The Morgan fingerprint density at radius 2 is 2.09 bits per heavy atom. The Balaban J connectivity index is 1.37. The van der Waals surface area contributed by atoms with Crippen molar-refractivity contribution in [1.29, 1.82) is 0 Å². The fraction of sp³-hybridized carbons (Fsp3) is 0.722. The van der Waals surface area contributed by atoms with E-state index in [-0.39, 0.29) is 12.2 Å². The first kappa shape index (κ1) is 15.5. The third-order valence-corrected chi connectivity index (χ3v) is 5.43. The molecule has 0 N–H and O–H groups in total. The Morgan fingerprint density at radius 3 is 2.91 bits per heavy atom. The van der Waals surface area contributed by atoms with E-state index in [0.29, 0.717) is 18.7 Å². The van der Waals surface area contributed by atoms with Crippen molar-refractivity contribution in [3.63, 3.8) is 0 Å². The standard InChI is InChI=1S/C18H26N2O3/c1-2-14(12-19-7-1)13-23-17-4-3-16-18(17)22-11-8-20(16)15-5-9-21-10-6-15/h1-2,7,12,15-18H,3-6,8-11,13H2/t16-,17-,18-/m0/s1. The lowest BCUT2D eigenvalue weighted by molar-refractivity contribution is -0.132. The van der Waals surface area contributed by atoms with Crippen LogP contribution in [0.3, 0.4) is 0 Å². The van der Waals surface area contributed by atoms with E-state index in [9.17, 15) is 0 Å². The van der Waals surface area contributed by atoms with E-state index in [1.165, 1.54) is 6.42 Å². The molecular weight excluding hydrogens is 292 g/mol. The van der Waals surface area contributed by atoms with Gasteiger partial charge in [-0.25, -0.2) is 0 Å². The van der Waals surface area contributed by atoms with Crippen LogP contribution in [0.5, 0.6) is 0 Å². The number of hydrogen-bond donors (Lipinski definition) is 0. The summed E-state index contributed by atoms with van der Waals surface area (Å²) in [4.78, 5) is 6.84.